The molecule has 15 heavy (non-hydrogen) atoms. The van der Waals surface area contributed by atoms with Crippen LogP contribution in [0.5, 0.6) is 0 Å². The van der Waals surface area contributed by atoms with Crippen LogP contribution >= 0.6 is 0 Å². The molecule has 3 heteroatoms. The average molecular weight is 213 g/mol. The lowest BCUT2D eigenvalue weighted by Gasteiger charge is -2.36. The van der Waals surface area contributed by atoms with Crippen LogP contribution in [0.3, 0.4) is 0 Å². The summed E-state index contributed by atoms with van der Waals surface area (Å²) in [5.74, 6) is 0.290. The SMILES string of the molecule is C[C@H]1CCC[C@](N)(C(=O)OC(C)(C)C)C1. The number of ether oxygens (including phenoxy) is 1. The van der Waals surface area contributed by atoms with E-state index in [1.54, 1.807) is 0 Å². The Labute approximate surface area is 92.4 Å². The van der Waals surface area contributed by atoms with Gasteiger partial charge in [-0.25, -0.2) is 0 Å². The molecular weight excluding hydrogens is 190 g/mol. The smallest absolute Gasteiger partial charge is 0.326 e. The van der Waals surface area contributed by atoms with E-state index in [2.05, 4.69) is 6.92 Å². The summed E-state index contributed by atoms with van der Waals surface area (Å²) in [4.78, 5) is 11.9. The molecule has 1 fully saturated rings. The largest absolute Gasteiger partial charge is 0.459 e. The normalized spacial score (nSPS) is 32.5. The predicted molar refractivity (Wildman–Crippen MR) is 60.4 cm³/mol. The summed E-state index contributed by atoms with van der Waals surface area (Å²) < 4.78 is 5.36. The lowest BCUT2D eigenvalue weighted by atomic mass is 9.77. The first-order chi connectivity index (χ1) is 6.73. The third-order valence-electron chi connectivity index (χ3n) is 2.84. The summed E-state index contributed by atoms with van der Waals surface area (Å²) in [7, 11) is 0. The molecule has 0 amide bonds. The van der Waals surface area contributed by atoms with Crippen LogP contribution in [0.15, 0.2) is 0 Å². The van der Waals surface area contributed by atoms with E-state index in [0.29, 0.717) is 5.92 Å². The van der Waals surface area contributed by atoms with Crippen molar-refractivity contribution in [2.75, 3.05) is 0 Å². The molecule has 0 heterocycles. The minimum atomic E-state index is -0.745. The van der Waals surface area contributed by atoms with Crippen LogP contribution in [0.1, 0.15) is 53.4 Å². The fraction of sp³-hybridized carbons (Fsp3) is 0.917. The summed E-state index contributed by atoms with van der Waals surface area (Å²) in [5.41, 5.74) is 4.94. The van der Waals surface area contributed by atoms with Gasteiger partial charge in [-0.15, -0.1) is 0 Å². The third-order valence-corrected chi connectivity index (χ3v) is 2.84. The number of rotatable bonds is 1. The van der Waals surface area contributed by atoms with E-state index >= 15 is 0 Å². The van der Waals surface area contributed by atoms with Crippen molar-refractivity contribution in [2.24, 2.45) is 11.7 Å². The minimum absolute atomic E-state index is 0.235. The zero-order valence-corrected chi connectivity index (χ0v) is 10.3. The molecule has 0 radical (unpaired) electrons. The molecule has 1 aliphatic rings. The second-order valence-electron chi connectivity index (χ2n) is 5.86. The highest BCUT2D eigenvalue weighted by Gasteiger charge is 2.40. The van der Waals surface area contributed by atoms with Gasteiger partial charge in [-0.2, -0.15) is 0 Å². The Morgan fingerprint density at radius 1 is 1.47 bits per heavy atom. The molecule has 0 aromatic heterocycles. The van der Waals surface area contributed by atoms with Gasteiger partial charge >= 0.3 is 5.97 Å². The fourth-order valence-corrected chi connectivity index (χ4v) is 2.16. The lowest BCUT2D eigenvalue weighted by molar-refractivity contribution is -0.163. The minimum Gasteiger partial charge on any atom is -0.459 e. The monoisotopic (exact) mass is 213 g/mol. The summed E-state index contributed by atoms with van der Waals surface area (Å²) in [6.07, 6.45) is 3.70. The van der Waals surface area contributed by atoms with Crippen LogP contribution in [0.25, 0.3) is 0 Å². The molecule has 0 aliphatic heterocycles. The highest BCUT2D eigenvalue weighted by molar-refractivity contribution is 5.81. The first kappa shape index (κ1) is 12.5. The van der Waals surface area contributed by atoms with Crippen LogP contribution in [0.4, 0.5) is 0 Å². The van der Waals surface area contributed by atoms with Crippen molar-refractivity contribution in [3.63, 3.8) is 0 Å². The molecule has 88 valence electrons. The molecule has 1 saturated carbocycles. The number of hydrogen-bond donors (Lipinski definition) is 1. The van der Waals surface area contributed by atoms with E-state index < -0.39 is 11.1 Å². The maximum Gasteiger partial charge on any atom is 0.326 e. The number of hydrogen-bond acceptors (Lipinski definition) is 3. The first-order valence-corrected chi connectivity index (χ1v) is 5.75. The first-order valence-electron chi connectivity index (χ1n) is 5.75. The molecule has 0 aromatic rings. The molecule has 0 spiro atoms. The summed E-state index contributed by atoms with van der Waals surface area (Å²) in [5, 5.41) is 0. The van der Waals surface area contributed by atoms with Crippen molar-refractivity contribution in [3.05, 3.63) is 0 Å². The third kappa shape index (κ3) is 3.49. The molecular formula is C12H23NO2. The summed E-state index contributed by atoms with van der Waals surface area (Å²) >= 11 is 0. The molecule has 3 nitrogen and oxygen atoms in total. The van der Waals surface area contributed by atoms with Gasteiger partial charge in [0.2, 0.25) is 0 Å². The van der Waals surface area contributed by atoms with E-state index in [1.165, 1.54) is 6.42 Å². The molecule has 0 saturated heterocycles. The van der Waals surface area contributed by atoms with Crippen LogP contribution < -0.4 is 5.73 Å². The molecule has 0 bridgehead atoms. The van der Waals surface area contributed by atoms with Crippen molar-refractivity contribution in [3.8, 4) is 0 Å². The van der Waals surface area contributed by atoms with Crippen molar-refractivity contribution in [1.82, 2.24) is 0 Å². The Kier molecular flexibility index (Phi) is 3.44. The summed E-state index contributed by atoms with van der Waals surface area (Å²) in [6, 6.07) is 0. The maximum absolute atomic E-state index is 11.9. The fourth-order valence-electron chi connectivity index (χ4n) is 2.16. The quantitative estimate of drug-likeness (QED) is 0.680. The van der Waals surface area contributed by atoms with Gasteiger partial charge in [-0.3, -0.25) is 4.79 Å². The predicted octanol–water partition coefficient (Wildman–Crippen LogP) is 2.24. The maximum atomic E-state index is 11.9. The standard InChI is InChI=1S/C12H23NO2/c1-9-6-5-7-12(13,8-9)10(14)15-11(2,3)4/h9H,5-8,13H2,1-4H3/t9-,12+/m0/s1. The Hall–Kier alpha value is -0.570. The molecule has 2 atom stereocenters. The Morgan fingerprint density at radius 3 is 2.53 bits per heavy atom. The van der Waals surface area contributed by atoms with E-state index in [1.807, 2.05) is 20.8 Å². The molecule has 0 unspecified atom stereocenters. The van der Waals surface area contributed by atoms with Crippen LogP contribution in [0, 0.1) is 5.92 Å². The Balaban J connectivity index is 2.64. The summed E-state index contributed by atoms with van der Waals surface area (Å²) in [6.45, 7) is 7.77. The van der Waals surface area contributed by atoms with Crippen molar-refractivity contribution < 1.29 is 9.53 Å². The highest BCUT2D eigenvalue weighted by atomic mass is 16.6. The van der Waals surface area contributed by atoms with Crippen molar-refractivity contribution >= 4 is 5.97 Å². The Bertz CT molecular complexity index is 244. The van der Waals surface area contributed by atoms with Gasteiger partial charge in [0.1, 0.15) is 11.1 Å². The number of nitrogens with two attached hydrogens (primary N) is 1. The lowest BCUT2D eigenvalue weighted by Crippen LogP contribution is -2.53. The van der Waals surface area contributed by atoms with Gasteiger partial charge in [-0.05, 0) is 39.5 Å². The van der Waals surface area contributed by atoms with Gasteiger partial charge < -0.3 is 10.5 Å². The second kappa shape index (κ2) is 4.12. The van der Waals surface area contributed by atoms with Crippen LogP contribution in [-0.2, 0) is 9.53 Å². The van der Waals surface area contributed by atoms with Gasteiger partial charge in [0.05, 0.1) is 0 Å². The van der Waals surface area contributed by atoms with Crippen molar-refractivity contribution in [1.29, 1.82) is 0 Å². The van der Waals surface area contributed by atoms with E-state index in [4.69, 9.17) is 10.5 Å². The van der Waals surface area contributed by atoms with E-state index in [-0.39, 0.29) is 5.97 Å². The van der Waals surface area contributed by atoms with Gasteiger partial charge in [0, 0.05) is 0 Å². The van der Waals surface area contributed by atoms with Gasteiger partial charge in [0.15, 0.2) is 0 Å². The zero-order valence-electron chi connectivity index (χ0n) is 10.3. The van der Waals surface area contributed by atoms with Gasteiger partial charge in [0.25, 0.3) is 0 Å². The van der Waals surface area contributed by atoms with Crippen LogP contribution in [-0.4, -0.2) is 17.1 Å². The zero-order chi connectivity index (χ0) is 11.7. The topological polar surface area (TPSA) is 52.3 Å². The van der Waals surface area contributed by atoms with E-state index in [9.17, 15) is 4.79 Å². The number of carbonyl (C=O) groups is 1. The molecule has 0 aromatic carbocycles. The number of carbonyl (C=O) groups excluding carboxylic acids is 1. The van der Waals surface area contributed by atoms with Crippen LogP contribution in [0.2, 0.25) is 0 Å². The Morgan fingerprint density at radius 2 is 2.07 bits per heavy atom. The molecule has 2 N–H and O–H groups in total. The average Bonchev–Trinajstić information content (AvgIpc) is 2.00. The molecule has 1 rings (SSSR count). The van der Waals surface area contributed by atoms with Crippen molar-refractivity contribution in [2.45, 2.75) is 64.5 Å². The molecule has 1 aliphatic carbocycles. The van der Waals surface area contributed by atoms with E-state index in [0.717, 1.165) is 19.3 Å². The highest BCUT2D eigenvalue weighted by Crippen LogP contribution is 2.32. The van der Waals surface area contributed by atoms with Gasteiger partial charge in [-0.1, -0.05) is 19.8 Å². The second-order valence-corrected chi connectivity index (χ2v) is 5.86. The number of esters is 1.